The summed E-state index contributed by atoms with van der Waals surface area (Å²) in [5, 5.41) is 7.79. The van der Waals surface area contributed by atoms with Crippen molar-refractivity contribution in [2.45, 2.75) is 32.6 Å². The molecule has 2 aliphatic rings. The van der Waals surface area contributed by atoms with Crippen molar-refractivity contribution in [2.24, 2.45) is 13.0 Å². The van der Waals surface area contributed by atoms with Crippen LogP contribution in [-0.4, -0.2) is 59.8 Å². The summed E-state index contributed by atoms with van der Waals surface area (Å²) in [6.07, 6.45) is 3.62. The Hall–Kier alpha value is -3.03. The zero-order valence-electron chi connectivity index (χ0n) is 18.6. The van der Waals surface area contributed by atoms with Gasteiger partial charge in [0.2, 0.25) is 5.91 Å². The highest BCUT2D eigenvalue weighted by molar-refractivity contribution is 5.97. The van der Waals surface area contributed by atoms with Gasteiger partial charge in [0, 0.05) is 44.7 Å². The van der Waals surface area contributed by atoms with Gasteiger partial charge in [-0.25, -0.2) is 0 Å². The summed E-state index contributed by atoms with van der Waals surface area (Å²) in [6.45, 7) is 5.07. The largest absolute Gasteiger partial charge is 0.497 e. The predicted octanol–water partition coefficient (Wildman–Crippen LogP) is 2.83. The molecule has 31 heavy (non-hydrogen) atoms. The van der Waals surface area contributed by atoms with Crippen LogP contribution in [0.4, 0.5) is 11.5 Å². The van der Waals surface area contributed by atoms with Gasteiger partial charge in [0.1, 0.15) is 11.4 Å². The molecule has 2 aromatic rings. The van der Waals surface area contributed by atoms with Crippen LogP contribution < -0.4 is 15.0 Å². The second-order valence-electron chi connectivity index (χ2n) is 8.39. The number of hydrogen-bond acceptors (Lipinski definition) is 5. The molecule has 8 nitrogen and oxygen atoms in total. The molecule has 4 rings (SSSR count). The van der Waals surface area contributed by atoms with Gasteiger partial charge in [-0.05, 0) is 50.8 Å². The number of anilines is 2. The first kappa shape index (κ1) is 21.2. The molecule has 0 radical (unpaired) electrons. The molecule has 0 unspecified atom stereocenters. The Morgan fingerprint density at radius 2 is 1.84 bits per heavy atom. The smallest absolute Gasteiger partial charge is 0.253 e. The molecular formula is C23H31N5O3. The number of likely N-dealkylation sites (tertiary alicyclic amines) is 1. The normalized spacial score (nSPS) is 17.1. The van der Waals surface area contributed by atoms with Gasteiger partial charge in [-0.3, -0.25) is 14.3 Å². The molecule has 1 aromatic heterocycles. The van der Waals surface area contributed by atoms with E-state index in [0.717, 1.165) is 43.1 Å². The monoisotopic (exact) mass is 425 g/mol. The maximum atomic E-state index is 13.0. The minimum absolute atomic E-state index is 0.0165. The van der Waals surface area contributed by atoms with Crippen LogP contribution in [0.15, 0.2) is 24.3 Å². The lowest BCUT2D eigenvalue weighted by molar-refractivity contribution is -0.121. The molecule has 3 heterocycles. The Bertz CT molecular complexity index is 956. The number of benzene rings is 1. The van der Waals surface area contributed by atoms with E-state index in [4.69, 9.17) is 4.74 Å². The van der Waals surface area contributed by atoms with Crippen LogP contribution in [0, 0.1) is 12.8 Å². The fraction of sp³-hybridized carbons (Fsp3) is 0.522. The molecule has 2 saturated heterocycles. The molecular weight excluding hydrogens is 394 g/mol. The number of carbonyl (C=O) groups excluding carboxylic acids is 2. The van der Waals surface area contributed by atoms with E-state index in [9.17, 15) is 9.59 Å². The topological polar surface area (TPSA) is 79.7 Å². The Morgan fingerprint density at radius 3 is 2.52 bits per heavy atom. The maximum Gasteiger partial charge on any atom is 0.253 e. The molecule has 2 amide bonds. The molecule has 0 spiro atoms. The number of hydrogen-bond donors (Lipinski definition) is 1. The second kappa shape index (κ2) is 8.99. The molecule has 8 heteroatoms. The average molecular weight is 426 g/mol. The molecule has 0 saturated carbocycles. The van der Waals surface area contributed by atoms with Gasteiger partial charge < -0.3 is 19.9 Å². The van der Waals surface area contributed by atoms with Crippen LogP contribution in [0.2, 0.25) is 0 Å². The van der Waals surface area contributed by atoms with Gasteiger partial charge in [-0.15, -0.1) is 0 Å². The van der Waals surface area contributed by atoms with Crippen molar-refractivity contribution >= 4 is 23.3 Å². The molecule has 0 atom stereocenters. The van der Waals surface area contributed by atoms with Crippen LogP contribution in [0.5, 0.6) is 5.75 Å². The number of aryl methyl sites for hydroxylation is 1. The number of methoxy groups -OCH3 is 1. The fourth-order valence-electron chi connectivity index (χ4n) is 4.40. The zero-order chi connectivity index (χ0) is 22.0. The average Bonchev–Trinajstić information content (AvgIpc) is 3.43. The van der Waals surface area contributed by atoms with Crippen molar-refractivity contribution in [1.82, 2.24) is 14.7 Å². The van der Waals surface area contributed by atoms with E-state index < -0.39 is 0 Å². The van der Waals surface area contributed by atoms with Crippen molar-refractivity contribution in [3.8, 4) is 5.75 Å². The molecule has 0 bridgehead atoms. The van der Waals surface area contributed by atoms with E-state index >= 15 is 0 Å². The number of nitrogens with one attached hydrogen (secondary N) is 1. The minimum Gasteiger partial charge on any atom is -0.497 e. The lowest BCUT2D eigenvalue weighted by Crippen LogP contribution is -2.41. The third-order valence-corrected chi connectivity index (χ3v) is 6.44. The first-order valence-electron chi connectivity index (χ1n) is 11.0. The van der Waals surface area contributed by atoms with Gasteiger partial charge in [-0.2, -0.15) is 5.10 Å². The predicted molar refractivity (Wildman–Crippen MR) is 120 cm³/mol. The van der Waals surface area contributed by atoms with Crippen molar-refractivity contribution in [3.63, 3.8) is 0 Å². The zero-order valence-corrected chi connectivity index (χ0v) is 18.6. The highest BCUT2D eigenvalue weighted by atomic mass is 16.5. The van der Waals surface area contributed by atoms with Crippen molar-refractivity contribution in [1.29, 1.82) is 0 Å². The maximum absolute atomic E-state index is 13.0. The summed E-state index contributed by atoms with van der Waals surface area (Å²) in [5.41, 5.74) is 2.40. The lowest BCUT2D eigenvalue weighted by Gasteiger charge is -2.31. The lowest BCUT2D eigenvalue weighted by atomic mass is 9.95. The molecule has 166 valence electrons. The molecule has 2 fully saturated rings. The van der Waals surface area contributed by atoms with E-state index in [2.05, 4.69) is 15.3 Å². The van der Waals surface area contributed by atoms with Crippen molar-refractivity contribution in [3.05, 3.63) is 35.5 Å². The summed E-state index contributed by atoms with van der Waals surface area (Å²) in [6, 6.07) is 7.20. The van der Waals surface area contributed by atoms with E-state index in [0.29, 0.717) is 37.2 Å². The third-order valence-electron chi connectivity index (χ3n) is 6.44. The number of rotatable bonds is 5. The van der Waals surface area contributed by atoms with Crippen LogP contribution in [0.25, 0.3) is 0 Å². The van der Waals surface area contributed by atoms with Gasteiger partial charge in [0.15, 0.2) is 5.82 Å². The summed E-state index contributed by atoms with van der Waals surface area (Å²) >= 11 is 0. The SMILES string of the molecule is COc1cccc(C(=O)N2CCC(C(=O)Nc3c(N4CCCC4)nn(C)c3C)CC2)c1. The number of ether oxygens (including phenoxy) is 1. The summed E-state index contributed by atoms with van der Waals surface area (Å²) in [5.74, 6) is 1.43. The van der Waals surface area contributed by atoms with E-state index in [1.807, 2.05) is 35.7 Å². The molecule has 2 aliphatic heterocycles. The Balaban J connectivity index is 1.38. The highest BCUT2D eigenvalue weighted by Crippen LogP contribution is 2.32. The molecule has 1 N–H and O–H groups in total. The minimum atomic E-state index is -0.111. The van der Waals surface area contributed by atoms with Gasteiger partial charge in [0.05, 0.1) is 12.8 Å². The summed E-state index contributed by atoms with van der Waals surface area (Å²) in [7, 11) is 3.50. The second-order valence-corrected chi connectivity index (χ2v) is 8.39. The standard InChI is InChI=1S/C23H31N5O3/c1-16-20(21(25-26(16)2)27-11-4-5-12-27)24-22(29)17-9-13-28(14-10-17)23(30)18-7-6-8-19(15-18)31-3/h6-8,15,17H,4-5,9-14H2,1-3H3,(H,24,29). The van der Waals surface area contributed by atoms with Crippen molar-refractivity contribution in [2.75, 3.05) is 43.5 Å². The first-order chi connectivity index (χ1) is 15.0. The number of carbonyl (C=O) groups is 2. The summed E-state index contributed by atoms with van der Waals surface area (Å²) < 4.78 is 7.05. The Kier molecular flexibility index (Phi) is 6.15. The fourth-order valence-corrected chi connectivity index (χ4v) is 4.40. The quantitative estimate of drug-likeness (QED) is 0.797. The van der Waals surface area contributed by atoms with E-state index in [1.54, 1.807) is 19.2 Å². The number of amides is 2. The number of aromatic nitrogens is 2. The molecule has 1 aromatic carbocycles. The van der Waals surface area contributed by atoms with Gasteiger partial charge >= 0.3 is 0 Å². The van der Waals surface area contributed by atoms with E-state index in [-0.39, 0.29) is 17.7 Å². The van der Waals surface area contributed by atoms with Crippen LogP contribution >= 0.6 is 0 Å². The number of nitrogens with zero attached hydrogens (tertiary/aromatic N) is 4. The third kappa shape index (κ3) is 4.38. The Labute approximate surface area is 183 Å². The number of piperidine rings is 1. The van der Waals surface area contributed by atoms with Crippen LogP contribution in [0.3, 0.4) is 0 Å². The van der Waals surface area contributed by atoms with Gasteiger partial charge in [0.25, 0.3) is 5.91 Å². The van der Waals surface area contributed by atoms with Gasteiger partial charge in [-0.1, -0.05) is 6.07 Å². The van der Waals surface area contributed by atoms with Crippen LogP contribution in [-0.2, 0) is 11.8 Å². The van der Waals surface area contributed by atoms with E-state index in [1.165, 1.54) is 0 Å². The van der Waals surface area contributed by atoms with Crippen molar-refractivity contribution < 1.29 is 14.3 Å². The molecule has 0 aliphatic carbocycles. The van der Waals surface area contributed by atoms with Crippen LogP contribution in [0.1, 0.15) is 41.7 Å². The Morgan fingerprint density at radius 1 is 1.13 bits per heavy atom. The first-order valence-corrected chi connectivity index (χ1v) is 11.0. The highest BCUT2D eigenvalue weighted by Gasteiger charge is 2.30. The summed E-state index contributed by atoms with van der Waals surface area (Å²) in [4.78, 5) is 29.9.